The fraction of sp³-hybridized carbons (Fsp3) is 0.308. The molecule has 0 spiro atoms. The van der Waals surface area contributed by atoms with Gasteiger partial charge in [-0.15, -0.1) is 0 Å². The predicted molar refractivity (Wildman–Crippen MR) is 86.2 cm³/mol. The van der Waals surface area contributed by atoms with Crippen LogP contribution in [0.2, 0.25) is 0 Å². The van der Waals surface area contributed by atoms with Crippen LogP contribution in [-0.2, 0) is 27.1 Å². The van der Waals surface area contributed by atoms with Gasteiger partial charge in [-0.25, -0.2) is 21.6 Å². The van der Waals surface area contributed by atoms with E-state index >= 15 is 0 Å². The maximum atomic E-state index is 12.5. The van der Waals surface area contributed by atoms with Crippen molar-refractivity contribution >= 4 is 25.7 Å². The number of aromatic nitrogens is 2. The van der Waals surface area contributed by atoms with Crippen molar-refractivity contribution < 1.29 is 16.8 Å². The first-order valence-corrected chi connectivity index (χ1v) is 9.62. The van der Waals surface area contributed by atoms with Crippen molar-refractivity contribution in [2.75, 3.05) is 11.8 Å². The van der Waals surface area contributed by atoms with E-state index in [1.54, 1.807) is 20.9 Å². The first-order chi connectivity index (χ1) is 10.6. The lowest BCUT2D eigenvalue weighted by atomic mass is 10.3. The van der Waals surface area contributed by atoms with E-state index in [4.69, 9.17) is 0 Å². The molecule has 0 bridgehead atoms. The molecular weight excluding hydrogens is 340 g/mol. The number of benzene rings is 1. The summed E-state index contributed by atoms with van der Waals surface area (Å²) in [5.41, 5.74) is 1.18. The third-order valence-electron chi connectivity index (χ3n) is 3.40. The molecule has 0 saturated carbocycles. The molecule has 1 aromatic carbocycles. The Morgan fingerprint density at radius 3 is 2.00 bits per heavy atom. The molecule has 0 saturated heterocycles. The van der Waals surface area contributed by atoms with E-state index in [2.05, 4.69) is 14.5 Å². The van der Waals surface area contributed by atoms with Crippen molar-refractivity contribution in [3.63, 3.8) is 0 Å². The SMILES string of the molecule is CNS(=O)(=O)c1ccc(NS(=O)(=O)c2c(C)nn(C)c2C)cc1. The Morgan fingerprint density at radius 2 is 1.57 bits per heavy atom. The van der Waals surface area contributed by atoms with Gasteiger partial charge in [0, 0.05) is 12.7 Å². The van der Waals surface area contributed by atoms with Crippen LogP contribution >= 0.6 is 0 Å². The molecule has 23 heavy (non-hydrogen) atoms. The van der Waals surface area contributed by atoms with Crippen molar-refractivity contribution in [2.24, 2.45) is 7.05 Å². The van der Waals surface area contributed by atoms with Gasteiger partial charge in [0.25, 0.3) is 10.0 Å². The van der Waals surface area contributed by atoms with Crippen LogP contribution in [0.3, 0.4) is 0 Å². The van der Waals surface area contributed by atoms with Gasteiger partial charge in [-0.3, -0.25) is 9.40 Å². The number of rotatable bonds is 5. The summed E-state index contributed by atoms with van der Waals surface area (Å²) in [4.78, 5) is 0.170. The average molecular weight is 358 g/mol. The van der Waals surface area contributed by atoms with Gasteiger partial charge < -0.3 is 0 Å². The van der Waals surface area contributed by atoms with Crippen LogP contribution in [0.25, 0.3) is 0 Å². The summed E-state index contributed by atoms with van der Waals surface area (Å²) in [6, 6.07) is 5.44. The van der Waals surface area contributed by atoms with Gasteiger partial charge in [-0.2, -0.15) is 5.10 Å². The number of sulfonamides is 2. The second kappa shape index (κ2) is 5.95. The zero-order valence-electron chi connectivity index (χ0n) is 13.2. The molecule has 0 aliphatic heterocycles. The number of aryl methyl sites for hydroxylation is 2. The normalized spacial score (nSPS) is 12.3. The Morgan fingerprint density at radius 1 is 1.00 bits per heavy atom. The topological polar surface area (TPSA) is 110 Å². The molecule has 2 rings (SSSR count). The van der Waals surface area contributed by atoms with E-state index in [1.165, 1.54) is 36.0 Å². The Kier molecular flexibility index (Phi) is 4.51. The van der Waals surface area contributed by atoms with Crippen LogP contribution in [0.5, 0.6) is 0 Å². The van der Waals surface area contributed by atoms with Gasteiger partial charge in [-0.05, 0) is 45.2 Å². The number of anilines is 1. The van der Waals surface area contributed by atoms with E-state index in [0.717, 1.165) is 0 Å². The molecule has 0 amide bonds. The first kappa shape index (κ1) is 17.4. The maximum Gasteiger partial charge on any atom is 0.265 e. The highest BCUT2D eigenvalue weighted by Crippen LogP contribution is 2.22. The Balaban J connectivity index is 2.35. The molecule has 10 heteroatoms. The van der Waals surface area contributed by atoms with Crippen molar-refractivity contribution in [3.05, 3.63) is 35.7 Å². The van der Waals surface area contributed by atoms with Crippen molar-refractivity contribution in [1.29, 1.82) is 0 Å². The van der Waals surface area contributed by atoms with E-state index in [-0.39, 0.29) is 15.5 Å². The zero-order chi connectivity index (χ0) is 17.4. The van der Waals surface area contributed by atoms with Crippen LogP contribution in [-0.4, -0.2) is 33.7 Å². The molecule has 1 aromatic heterocycles. The maximum absolute atomic E-state index is 12.5. The van der Waals surface area contributed by atoms with Gasteiger partial charge in [0.05, 0.1) is 16.3 Å². The average Bonchev–Trinajstić information content (AvgIpc) is 2.72. The van der Waals surface area contributed by atoms with Crippen molar-refractivity contribution in [3.8, 4) is 0 Å². The summed E-state index contributed by atoms with van der Waals surface area (Å²) in [5, 5.41) is 4.09. The fourth-order valence-corrected chi connectivity index (χ4v) is 4.40. The lowest BCUT2D eigenvalue weighted by molar-refractivity contribution is 0.588. The second-order valence-corrected chi connectivity index (χ2v) is 8.47. The third-order valence-corrected chi connectivity index (χ3v) is 6.46. The van der Waals surface area contributed by atoms with Gasteiger partial charge in [-0.1, -0.05) is 0 Å². The standard InChI is InChI=1S/C13H18N4O4S2/c1-9-13(10(2)17(4)15-9)23(20,21)16-11-5-7-12(8-6-11)22(18,19)14-3/h5-8,14,16H,1-4H3. The minimum absolute atomic E-state index is 0.0525. The lowest BCUT2D eigenvalue weighted by Crippen LogP contribution is -2.18. The predicted octanol–water partition coefficient (Wildman–Crippen LogP) is 0.746. The Bertz CT molecular complexity index is 929. The summed E-state index contributed by atoms with van der Waals surface area (Å²) in [6.07, 6.45) is 0. The summed E-state index contributed by atoms with van der Waals surface area (Å²) < 4.78 is 54.4. The van der Waals surface area contributed by atoms with E-state index in [0.29, 0.717) is 11.4 Å². The van der Waals surface area contributed by atoms with Crippen LogP contribution in [0.1, 0.15) is 11.4 Å². The molecule has 2 aromatic rings. The smallest absolute Gasteiger partial charge is 0.265 e. The number of nitrogens with one attached hydrogen (secondary N) is 2. The van der Waals surface area contributed by atoms with Gasteiger partial charge in [0.15, 0.2) is 0 Å². The quantitative estimate of drug-likeness (QED) is 0.819. The molecular formula is C13H18N4O4S2. The molecule has 1 heterocycles. The molecule has 0 atom stereocenters. The summed E-state index contributed by atoms with van der Waals surface area (Å²) >= 11 is 0. The molecule has 0 radical (unpaired) electrons. The highest BCUT2D eigenvalue weighted by Gasteiger charge is 2.24. The molecule has 8 nitrogen and oxygen atoms in total. The molecule has 0 aliphatic rings. The third kappa shape index (κ3) is 3.38. The monoisotopic (exact) mass is 358 g/mol. The number of nitrogens with zero attached hydrogens (tertiary/aromatic N) is 2. The summed E-state index contributed by atoms with van der Waals surface area (Å²) in [5.74, 6) is 0. The Labute approximate surface area is 135 Å². The number of hydrogen-bond donors (Lipinski definition) is 2. The minimum Gasteiger partial charge on any atom is -0.280 e. The van der Waals surface area contributed by atoms with E-state index in [9.17, 15) is 16.8 Å². The van der Waals surface area contributed by atoms with Crippen LogP contribution in [0, 0.1) is 13.8 Å². The summed E-state index contributed by atoms with van der Waals surface area (Å²) in [6.45, 7) is 3.28. The summed E-state index contributed by atoms with van der Waals surface area (Å²) in [7, 11) is -4.40. The van der Waals surface area contributed by atoms with Gasteiger partial charge in [0.1, 0.15) is 4.90 Å². The van der Waals surface area contributed by atoms with Crippen LogP contribution in [0.15, 0.2) is 34.1 Å². The van der Waals surface area contributed by atoms with E-state index < -0.39 is 20.0 Å². The Hall–Kier alpha value is -1.91. The molecule has 0 aliphatic carbocycles. The fourth-order valence-electron chi connectivity index (χ4n) is 2.17. The van der Waals surface area contributed by atoms with Crippen molar-refractivity contribution in [1.82, 2.24) is 14.5 Å². The highest BCUT2D eigenvalue weighted by molar-refractivity contribution is 7.92. The second-order valence-electron chi connectivity index (χ2n) is 4.96. The molecule has 0 unspecified atom stereocenters. The lowest BCUT2D eigenvalue weighted by Gasteiger charge is -2.09. The zero-order valence-corrected chi connectivity index (χ0v) is 14.8. The molecule has 0 fully saturated rings. The molecule has 126 valence electrons. The number of hydrogen-bond acceptors (Lipinski definition) is 5. The largest absolute Gasteiger partial charge is 0.280 e. The van der Waals surface area contributed by atoms with E-state index in [1.807, 2.05) is 0 Å². The van der Waals surface area contributed by atoms with Gasteiger partial charge in [0.2, 0.25) is 10.0 Å². The first-order valence-electron chi connectivity index (χ1n) is 6.65. The minimum atomic E-state index is -3.81. The van der Waals surface area contributed by atoms with Crippen LogP contribution in [0.4, 0.5) is 5.69 Å². The van der Waals surface area contributed by atoms with Crippen molar-refractivity contribution in [2.45, 2.75) is 23.6 Å². The van der Waals surface area contributed by atoms with Crippen LogP contribution < -0.4 is 9.44 Å². The van der Waals surface area contributed by atoms with Gasteiger partial charge >= 0.3 is 0 Å². The highest BCUT2D eigenvalue weighted by atomic mass is 32.2. The molecule has 2 N–H and O–H groups in total.